The summed E-state index contributed by atoms with van der Waals surface area (Å²) >= 11 is 0. The van der Waals surface area contributed by atoms with E-state index < -0.39 is 29.2 Å². The lowest BCUT2D eigenvalue weighted by Gasteiger charge is -2.40. The van der Waals surface area contributed by atoms with Crippen LogP contribution >= 0.6 is 0 Å². The molecule has 0 atom stereocenters. The van der Waals surface area contributed by atoms with Crippen molar-refractivity contribution in [3.63, 3.8) is 0 Å². The van der Waals surface area contributed by atoms with Crippen LogP contribution in [0.2, 0.25) is 0 Å². The number of likely N-dealkylation sites (tertiary alicyclic amines) is 1. The van der Waals surface area contributed by atoms with Crippen molar-refractivity contribution in [3.8, 4) is 22.6 Å². The van der Waals surface area contributed by atoms with Crippen molar-refractivity contribution < 1.29 is 27.4 Å². The number of ether oxygens (including phenoxy) is 2. The molecule has 2 saturated heterocycles. The van der Waals surface area contributed by atoms with E-state index in [0.717, 1.165) is 44.5 Å². The van der Waals surface area contributed by atoms with Crippen LogP contribution in [0.3, 0.4) is 0 Å². The third-order valence-corrected chi connectivity index (χ3v) is 7.42. The highest BCUT2D eigenvalue weighted by atomic mass is 19.2. The van der Waals surface area contributed by atoms with Gasteiger partial charge in [-0.15, -0.1) is 0 Å². The van der Waals surface area contributed by atoms with Crippen LogP contribution in [0.4, 0.5) is 24.8 Å². The Balaban J connectivity index is 1.27. The van der Waals surface area contributed by atoms with Crippen LogP contribution < -0.4 is 5.32 Å². The summed E-state index contributed by atoms with van der Waals surface area (Å²) in [6.45, 7) is 3.65. The molecule has 4 heterocycles. The van der Waals surface area contributed by atoms with Gasteiger partial charge in [-0.2, -0.15) is 0 Å². The topological polar surface area (TPSA) is 105 Å². The number of carbonyl (C=O) groups excluding carboxylic acids is 1. The van der Waals surface area contributed by atoms with Gasteiger partial charge in [0.1, 0.15) is 5.82 Å². The summed E-state index contributed by atoms with van der Waals surface area (Å²) < 4.78 is 52.9. The van der Waals surface area contributed by atoms with Crippen LogP contribution in [0.1, 0.15) is 38.3 Å². The molecule has 0 aliphatic carbocycles. The first-order valence-electron chi connectivity index (χ1n) is 13.7. The van der Waals surface area contributed by atoms with E-state index in [-0.39, 0.29) is 30.8 Å². The predicted octanol–water partition coefficient (Wildman–Crippen LogP) is 5.76. The van der Waals surface area contributed by atoms with Gasteiger partial charge in [-0.3, -0.25) is 4.79 Å². The van der Waals surface area contributed by atoms with E-state index in [1.165, 1.54) is 24.4 Å². The highest BCUT2D eigenvalue weighted by Gasteiger charge is 2.43. The maximum absolute atomic E-state index is 13.7. The number of halogens is 3. The van der Waals surface area contributed by atoms with Gasteiger partial charge in [0.05, 0.1) is 35.7 Å². The lowest BCUT2D eigenvalue weighted by atomic mass is 9.89. The Hall–Kier alpha value is -4.29. The summed E-state index contributed by atoms with van der Waals surface area (Å²) in [7, 11) is 0. The highest BCUT2D eigenvalue weighted by Crippen LogP contribution is 2.36. The molecular weight excluding hydrogens is 549 g/mol. The molecule has 2 aliphatic rings. The Morgan fingerprint density at radius 3 is 2.43 bits per heavy atom. The number of amides is 1. The average molecular weight is 579 g/mol. The average Bonchev–Trinajstić information content (AvgIpc) is 3.45. The summed E-state index contributed by atoms with van der Waals surface area (Å²) in [5.41, 5.74) is 1.44. The minimum atomic E-state index is -1.01. The van der Waals surface area contributed by atoms with Crippen molar-refractivity contribution in [1.82, 2.24) is 24.8 Å². The number of aromatic nitrogens is 4. The summed E-state index contributed by atoms with van der Waals surface area (Å²) in [6, 6.07) is 10.9. The second-order valence-corrected chi connectivity index (χ2v) is 10.7. The number of benzene rings is 2. The van der Waals surface area contributed by atoms with Gasteiger partial charge >= 0.3 is 0 Å². The van der Waals surface area contributed by atoms with E-state index in [0.29, 0.717) is 28.5 Å². The Labute approximate surface area is 240 Å². The van der Waals surface area contributed by atoms with Gasteiger partial charge in [-0.25, -0.2) is 28.1 Å². The molecule has 6 rings (SSSR count). The van der Waals surface area contributed by atoms with Gasteiger partial charge in [0.2, 0.25) is 18.1 Å². The smallest absolute Gasteiger partial charge is 0.233 e. The maximum Gasteiger partial charge on any atom is 0.233 e. The molecule has 2 fully saturated rings. The molecule has 2 aromatic carbocycles. The molecule has 0 spiro atoms. The number of H-pyrrole nitrogens is 1. The van der Waals surface area contributed by atoms with Crippen molar-refractivity contribution >= 4 is 17.5 Å². The molecule has 218 valence electrons. The molecule has 42 heavy (non-hydrogen) atoms. The summed E-state index contributed by atoms with van der Waals surface area (Å²) in [6.07, 6.45) is 3.75. The van der Waals surface area contributed by atoms with Crippen molar-refractivity contribution in [2.45, 2.75) is 32.5 Å². The lowest BCUT2D eigenvalue weighted by molar-refractivity contribution is -0.234. The largest absolute Gasteiger partial charge is 0.345 e. The highest BCUT2D eigenvalue weighted by molar-refractivity contribution is 5.83. The second kappa shape index (κ2) is 11.5. The van der Waals surface area contributed by atoms with Gasteiger partial charge < -0.3 is 24.7 Å². The van der Waals surface area contributed by atoms with Gasteiger partial charge in [-0.05, 0) is 68.7 Å². The number of imidazole rings is 1. The molecule has 0 saturated carbocycles. The Morgan fingerprint density at radius 2 is 1.71 bits per heavy atom. The number of hydrogen-bond acceptors (Lipinski definition) is 7. The maximum atomic E-state index is 13.7. The Morgan fingerprint density at radius 1 is 0.976 bits per heavy atom. The molecular formula is C30H29F3N6O3. The molecule has 1 amide bonds. The van der Waals surface area contributed by atoms with Gasteiger partial charge in [0.15, 0.2) is 17.5 Å². The molecule has 0 bridgehead atoms. The van der Waals surface area contributed by atoms with Crippen LogP contribution in [0, 0.1) is 22.9 Å². The zero-order chi connectivity index (χ0) is 29.3. The van der Waals surface area contributed by atoms with Crippen molar-refractivity contribution in [3.05, 3.63) is 78.0 Å². The number of nitrogens with zero attached hydrogens (tertiary/aromatic N) is 4. The summed E-state index contributed by atoms with van der Waals surface area (Å²) in [5, 5.41) is 2.87. The van der Waals surface area contributed by atoms with Crippen LogP contribution in [0.25, 0.3) is 22.6 Å². The third-order valence-electron chi connectivity index (χ3n) is 7.42. The molecule has 2 N–H and O–H groups in total. The van der Waals surface area contributed by atoms with Crippen LogP contribution in [0.5, 0.6) is 0 Å². The molecule has 9 nitrogen and oxygen atoms in total. The number of piperidine rings is 1. The minimum absolute atomic E-state index is 0.0230. The summed E-state index contributed by atoms with van der Waals surface area (Å²) in [4.78, 5) is 31.8. The fourth-order valence-electron chi connectivity index (χ4n) is 5.14. The fraction of sp³-hybridized carbons (Fsp3) is 0.333. The predicted molar refractivity (Wildman–Crippen MR) is 148 cm³/mol. The molecule has 4 aromatic rings. The second-order valence-electron chi connectivity index (χ2n) is 10.7. The van der Waals surface area contributed by atoms with Crippen LogP contribution in [-0.2, 0) is 14.3 Å². The first kappa shape index (κ1) is 27.9. The van der Waals surface area contributed by atoms with Gasteiger partial charge in [0.25, 0.3) is 0 Å². The quantitative estimate of drug-likeness (QED) is 0.300. The van der Waals surface area contributed by atoms with E-state index >= 15 is 0 Å². The monoisotopic (exact) mass is 578 g/mol. The van der Waals surface area contributed by atoms with E-state index in [4.69, 9.17) is 14.5 Å². The number of rotatable bonds is 6. The van der Waals surface area contributed by atoms with E-state index in [1.807, 2.05) is 11.8 Å². The minimum Gasteiger partial charge on any atom is -0.345 e. The van der Waals surface area contributed by atoms with E-state index in [9.17, 15) is 18.0 Å². The zero-order valence-electron chi connectivity index (χ0n) is 22.9. The number of hydrogen-bond donors (Lipinski definition) is 2. The fourth-order valence-corrected chi connectivity index (χ4v) is 5.14. The number of carbonyl (C=O) groups is 1. The van der Waals surface area contributed by atoms with Crippen molar-refractivity contribution in [1.29, 1.82) is 0 Å². The van der Waals surface area contributed by atoms with Crippen LogP contribution in [0.15, 0.2) is 54.7 Å². The van der Waals surface area contributed by atoms with Gasteiger partial charge in [-0.1, -0.05) is 0 Å². The molecule has 2 aliphatic heterocycles. The Kier molecular flexibility index (Phi) is 7.65. The van der Waals surface area contributed by atoms with Crippen LogP contribution in [-0.4, -0.2) is 57.0 Å². The van der Waals surface area contributed by atoms with Gasteiger partial charge in [0, 0.05) is 36.6 Å². The number of anilines is 2. The lowest BCUT2D eigenvalue weighted by Crippen LogP contribution is -2.51. The van der Waals surface area contributed by atoms with E-state index in [2.05, 4.69) is 20.3 Å². The first-order chi connectivity index (χ1) is 20.3. The molecule has 2 aromatic heterocycles. The Bertz CT molecular complexity index is 1580. The third kappa shape index (κ3) is 5.72. The number of nitrogens with one attached hydrogen (secondary N) is 2. The molecule has 0 unspecified atom stereocenters. The summed E-state index contributed by atoms with van der Waals surface area (Å²) in [5.74, 6) is -1.86. The molecule has 0 radical (unpaired) electrons. The zero-order valence-corrected chi connectivity index (χ0v) is 22.9. The standard InChI is InChI=1S/C30H29F3N6O3/c1-30(28(40)39-13-3-2-4-14-39)16-41-27(42-17-30)26-37-24(18-5-7-19(31)8-6-18)25(38-26)23-11-12-34-29(36-23)35-20-9-10-21(32)22(33)15-20/h5-12,15,27H,2-4,13-14,16-17H2,1H3,(H,37,38)(H,34,35,36). The first-order valence-corrected chi connectivity index (χ1v) is 13.7. The normalized spacial score (nSPS) is 20.9. The van der Waals surface area contributed by atoms with Crippen molar-refractivity contribution in [2.24, 2.45) is 5.41 Å². The number of aromatic amines is 1. The SMILES string of the molecule is CC1(C(=O)N2CCCCC2)COC(c2nc(-c3ccc(F)cc3)c(-c3ccnc(Nc4ccc(F)c(F)c4)n3)[nH]2)OC1. The van der Waals surface area contributed by atoms with Crippen molar-refractivity contribution in [2.75, 3.05) is 31.6 Å². The molecule has 12 heteroatoms. The van der Waals surface area contributed by atoms with E-state index in [1.54, 1.807) is 18.2 Å².